The third kappa shape index (κ3) is 5.41. The van der Waals surface area contributed by atoms with Crippen molar-refractivity contribution in [3.63, 3.8) is 0 Å². The van der Waals surface area contributed by atoms with Crippen molar-refractivity contribution in [1.29, 1.82) is 0 Å². The van der Waals surface area contributed by atoms with Gasteiger partial charge in [0.2, 0.25) is 0 Å². The van der Waals surface area contributed by atoms with Crippen LogP contribution in [0.4, 0.5) is 5.69 Å². The van der Waals surface area contributed by atoms with Crippen molar-refractivity contribution in [3.8, 4) is 0 Å². The number of hydrogen-bond acceptors (Lipinski definition) is 1. The number of benzene rings is 1. The van der Waals surface area contributed by atoms with Crippen LogP contribution in [0.25, 0.3) is 0 Å². The van der Waals surface area contributed by atoms with Gasteiger partial charge < -0.3 is 0 Å². The van der Waals surface area contributed by atoms with Gasteiger partial charge in [0.25, 0.3) is 0 Å². The zero-order valence-electron chi connectivity index (χ0n) is 14.1. The van der Waals surface area contributed by atoms with E-state index in [1.54, 1.807) is 21.2 Å². The topological polar surface area (TPSA) is 3.24 Å². The summed E-state index contributed by atoms with van der Waals surface area (Å²) >= 11 is -1.04. The zero-order valence-corrected chi connectivity index (χ0v) is 16.5. The van der Waals surface area contributed by atoms with Gasteiger partial charge in [0, 0.05) is 0 Å². The van der Waals surface area contributed by atoms with Gasteiger partial charge in [-0.25, -0.2) is 0 Å². The molecule has 0 amide bonds. The standard InChI is InChI=1S/C13H20N.C6H12.Ga/c1-4-10-14(11-5-2)13-9-7-6-8-12(13)3;1-3-5-6-4-2;/h6-9H,3-5,10-11H2,1-2H3;1-6H2;. The Morgan fingerprint density at radius 2 is 1.52 bits per heavy atom. The summed E-state index contributed by atoms with van der Waals surface area (Å²) in [6.07, 6.45) is 8.56. The van der Waals surface area contributed by atoms with Crippen LogP contribution in [-0.4, -0.2) is 29.3 Å². The number of hydrogen-bond donors (Lipinski definition) is 0. The molecular weight excluding hydrogens is 312 g/mol. The summed E-state index contributed by atoms with van der Waals surface area (Å²) in [5, 5.41) is 0. The first kappa shape index (κ1) is 17.0. The predicted octanol–water partition coefficient (Wildman–Crippen LogP) is 5.46. The van der Waals surface area contributed by atoms with Gasteiger partial charge in [-0.1, -0.05) is 0 Å². The molecule has 0 saturated carbocycles. The molecule has 0 spiro atoms. The molecular formula is C19H32GaN. The Labute approximate surface area is 137 Å². The van der Waals surface area contributed by atoms with Crippen molar-refractivity contribution in [2.45, 2.75) is 67.3 Å². The molecule has 0 bridgehead atoms. The Morgan fingerprint density at radius 3 is 2.14 bits per heavy atom. The molecule has 0 atom stereocenters. The van der Waals surface area contributed by atoms with Crippen LogP contribution in [0.1, 0.15) is 57.9 Å². The minimum atomic E-state index is -1.04. The van der Waals surface area contributed by atoms with Gasteiger partial charge in [-0.3, -0.25) is 0 Å². The summed E-state index contributed by atoms with van der Waals surface area (Å²) in [4.78, 5) is 7.37. The van der Waals surface area contributed by atoms with Gasteiger partial charge in [0.05, 0.1) is 0 Å². The van der Waals surface area contributed by atoms with Gasteiger partial charge in [-0.2, -0.15) is 0 Å². The van der Waals surface area contributed by atoms with Crippen molar-refractivity contribution >= 4 is 21.9 Å². The van der Waals surface area contributed by atoms with Gasteiger partial charge >= 0.3 is 137 Å². The molecule has 1 saturated heterocycles. The van der Waals surface area contributed by atoms with Crippen molar-refractivity contribution in [3.05, 3.63) is 29.8 Å². The van der Waals surface area contributed by atoms with Gasteiger partial charge in [0.1, 0.15) is 0 Å². The van der Waals surface area contributed by atoms with Crippen LogP contribution in [-0.2, 0) is 4.98 Å². The fraction of sp³-hybridized carbons (Fsp3) is 0.684. The van der Waals surface area contributed by atoms with Gasteiger partial charge in [0.15, 0.2) is 0 Å². The number of nitrogens with zero attached hydrogens (tertiary/aromatic N) is 1. The van der Waals surface area contributed by atoms with Gasteiger partial charge in [-0.05, 0) is 0 Å². The molecule has 1 aromatic carbocycles. The maximum atomic E-state index is 2.63. The first-order chi connectivity index (χ1) is 10.3. The number of anilines is 1. The molecule has 1 nitrogen and oxygen atoms in total. The van der Waals surface area contributed by atoms with E-state index < -0.39 is 16.2 Å². The van der Waals surface area contributed by atoms with E-state index in [0.717, 1.165) is 0 Å². The second-order valence-electron chi connectivity index (χ2n) is 6.68. The molecule has 0 aliphatic carbocycles. The molecule has 2 heteroatoms. The predicted molar refractivity (Wildman–Crippen MR) is 96.8 cm³/mol. The molecule has 1 aliphatic rings. The SMILES string of the molecule is CCCN(CCC)c1ccccc1[CH2][Ga]1[CH2]CCCC[CH2]1. The Bertz CT molecular complexity index is 390. The van der Waals surface area contributed by atoms with Crippen molar-refractivity contribution in [2.75, 3.05) is 18.0 Å². The molecule has 2 rings (SSSR count). The first-order valence-electron chi connectivity index (χ1n) is 9.18. The van der Waals surface area contributed by atoms with E-state index in [2.05, 4.69) is 43.0 Å². The monoisotopic (exact) mass is 343 g/mol. The first-order valence-corrected chi connectivity index (χ1v) is 14.3. The maximum absolute atomic E-state index is 2.63. The van der Waals surface area contributed by atoms with Crippen LogP contribution in [0.15, 0.2) is 24.3 Å². The van der Waals surface area contributed by atoms with E-state index in [-0.39, 0.29) is 0 Å². The van der Waals surface area contributed by atoms with Crippen LogP contribution < -0.4 is 4.90 Å². The second-order valence-corrected chi connectivity index (χ2v) is 13.6. The fourth-order valence-electron chi connectivity index (χ4n) is 3.76. The molecule has 21 heavy (non-hydrogen) atoms. The van der Waals surface area contributed by atoms with E-state index in [9.17, 15) is 0 Å². The average molecular weight is 344 g/mol. The summed E-state index contributed by atoms with van der Waals surface area (Å²) < 4.78 is 0. The molecule has 1 heterocycles. The molecule has 1 aromatic rings. The third-order valence-corrected chi connectivity index (χ3v) is 12.1. The van der Waals surface area contributed by atoms with Crippen molar-refractivity contribution in [2.24, 2.45) is 0 Å². The molecule has 0 N–H and O–H groups in total. The Kier molecular flexibility index (Phi) is 7.80. The summed E-state index contributed by atoms with van der Waals surface area (Å²) in [5.41, 5.74) is 3.22. The normalized spacial score (nSPS) is 15.8. The Morgan fingerprint density at radius 1 is 0.905 bits per heavy atom. The fourth-order valence-corrected chi connectivity index (χ4v) is 10.9. The van der Waals surface area contributed by atoms with Crippen LogP contribution in [0.5, 0.6) is 0 Å². The molecule has 1 aliphatic heterocycles. The molecule has 1 fully saturated rings. The van der Waals surface area contributed by atoms with Crippen molar-refractivity contribution < 1.29 is 0 Å². The molecule has 0 unspecified atom stereocenters. The van der Waals surface area contributed by atoms with E-state index >= 15 is 0 Å². The molecule has 0 aromatic heterocycles. The van der Waals surface area contributed by atoms with E-state index in [1.165, 1.54) is 56.6 Å². The number of para-hydroxylation sites is 1. The molecule has 116 valence electrons. The summed E-state index contributed by atoms with van der Waals surface area (Å²) in [7, 11) is 0. The average Bonchev–Trinajstić information content (AvgIpc) is 2.76. The minimum absolute atomic E-state index is 1.04. The van der Waals surface area contributed by atoms with E-state index in [4.69, 9.17) is 0 Å². The number of rotatable bonds is 7. The zero-order chi connectivity index (χ0) is 14.9. The Hall–Kier alpha value is -0.344. The summed E-state index contributed by atoms with van der Waals surface area (Å²) in [5.74, 6) is 0. The quantitative estimate of drug-likeness (QED) is 0.594. The van der Waals surface area contributed by atoms with Crippen LogP contribution in [0.3, 0.4) is 0 Å². The molecule has 0 radical (unpaired) electrons. The van der Waals surface area contributed by atoms with Gasteiger partial charge in [-0.15, -0.1) is 0 Å². The Balaban J connectivity index is 2.10. The van der Waals surface area contributed by atoms with Crippen molar-refractivity contribution in [1.82, 2.24) is 0 Å². The second kappa shape index (κ2) is 9.63. The van der Waals surface area contributed by atoms with Crippen LogP contribution in [0, 0.1) is 0 Å². The third-order valence-electron chi connectivity index (χ3n) is 4.80. The van der Waals surface area contributed by atoms with E-state index in [1.807, 2.05) is 0 Å². The van der Waals surface area contributed by atoms with Crippen LogP contribution in [0.2, 0.25) is 9.95 Å². The summed E-state index contributed by atoms with van der Waals surface area (Å²) in [6.45, 7) is 7.02. The van der Waals surface area contributed by atoms with E-state index in [0.29, 0.717) is 0 Å². The van der Waals surface area contributed by atoms with Crippen LogP contribution >= 0.6 is 0 Å². The summed E-state index contributed by atoms with van der Waals surface area (Å²) in [6, 6.07) is 9.29.